The third-order valence-electron chi connectivity index (χ3n) is 6.10. The molecule has 0 saturated carbocycles. The first kappa shape index (κ1) is 26.7. The average Bonchev–Trinajstić information content (AvgIpc) is 3.52. The summed E-state index contributed by atoms with van der Waals surface area (Å²) in [5.74, 6) is 1.05. The average molecular weight is 581 g/mol. The van der Waals surface area contributed by atoms with Gasteiger partial charge in [-0.1, -0.05) is 59.3 Å². The van der Waals surface area contributed by atoms with Crippen LogP contribution in [0, 0.1) is 0 Å². The molecular formula is C29H22Cl2N2O5S. The fourth-order valence-corrected chi connectivity index (χ4v) is 5.70. The van der Waals surface area contributed by atoms with Crippen LogP contribution in [0.5, 0.6) is 5.75 Å². The first-order chi connectivity index (χ1) is 18.8. The number of furan rings is 1. The predicted octanol–water partition coefficient (Wildman–Crippen LogP) is 5.54. The van der Waals surface area contributed by atoms with Crippen LogP contribution in [0.15, 0.2) is 92.7 Å². The molecule has 3 heterocycles. The molecule has 2 aromatic heterocycles. The molecule has 10 heteroatoms. The summed E-state index contributed by atoms with van der Waals surface area (Å²) in [5, 5.41) is 1.02. The second kappa shape index (κ2) is 11.1. The highest BCUT2D eigenvalue weighted by atomic mass is 35.5. The standard InChI is InChI=1S/C29H22Cl2N2O5S/c1-4-13-37-28(35)25-16(2)32-29-33(26(25)17-5-8-19(36-3)9-6-17)27(34)24(39-29)15-20-10-12-23(38-20)21-14-18(30)7-11-22(21)31/h4-12,14-15,26H,1,13H2,2-3H3/b24-15-/t26-/m1/s1. The molecule has 0 saturated heterocycles. The second-order valence-electron chi connectivity index (χ2n) is 8.57. The molecule has 4 aromatic rings. The van der Waals surface area contributed by atoms with Crippen LogP contribution in [0.4, 0.5) is 0 Å². The lowest BCUT2D eigenvalue weighted by Crippen LogP contribution is -2.39. The molecule has 0 fully saturated rings. The Hall–Kier alpha value is -3.85. The van der Waals surface area contributed by atoms with Crippen molar-refractivity contribution < 1.29 is 18.7 Å². The van der Waals surface area contributed by atoms with Gasteiger partial charge in [0.1, 0.15) is 23.9 Å². The van der Waals surface area contributed by atoms with Crippen molar-refractivity contribution in [3.05, 3.63) is 120 Å². The van der Waals surface area contributed by atoms with E-state index in [4.69, 9.17) is 37.1 Å². The molecule has 0 spiro atoms. The Bertz CT molecular complexity index is 1800. The molecule has 39 heavy (non-hydrogen) atoms. The zero-order valence-electron chi connectivity index (χ0n) is 20.9. The molecular weight excluding hydrogens is 559 g/mol. The maximum atomic E-state index is 13.8. The molecule has 0 bridgehead atoms. The van der Waals surface area contributed by atoms with Gasteiger partial charge in [-0.25, -0.2) is 9.79 Å². The van der Waals surface area contributed by atoms with Crippen molar-refractivity contribution >= 4 is 46.6 Å². The largest absolute Gasteiger partial charge is 0.497 e. The molecule has 0 unspecified atom stereocenters. The minimum Gasteiger partial charge on any atom is -0.497 e. The third-order valence-corrected chi connectivity index (χ3v) is 7.65. The second-order valence-corrected chi connectivity index (χ2v) is 10.4. The number of allylic oxidation sites excluding steroid dienone is 1. The van der Waals surface area contributed by atoms with Gasteiger partial charge in [-0.2, -0.15) is 0 Å². The van der Waals surface area contributed by atoms with Gasteiger partial charge in [0.2, 0.25) is 0 Å². The van der Waals surface area contributed by atoms with E-state index < -0.39 is 12.0 Å². The van der Waals surface area contributed by atoms with Crippen LogP contribution in [-0.4, -0.2) is 24.3 Å². The number of hydrogen-bond donors (Lipinski definition) is 0. The Labute approximate surface area is 237 Å². The van der Waals surface area contributed by atoms with Gasteiger partial charge in [-0.3, -0.25) is 9.36 Å². The normalized spacial score (nSPS) is 15.1. The molecule has 1 aliphatic heterocycles. The van der Waals surface area contributed by atoms with Crippen LogP contribution in [0.2, 0.25) is 10.0 Å². The van der Waals surface area contributed by atoms with Gasteiger partial charge < -0.3 is 13.9 Å². The fraction of sp³-hybridized carbons (Fsp3) is 0.138. The van der Waals surface area contributed by atoms with Crippen LogP contribution in [-0.2, 0) is 9.53 Å². The fourth-order valence-electron chi connectivity index (χ4n) is 4.29. The van der Waals surface area contributed by atoms with Crippen molar-refractivity contribution in [1.29, 1.82) is 0 Å². The van der Waals surface area contributed by atoms with Crippen LogP contribution in [0.1, 0.15) is 24.3 Å². The zero-order chi connectivity index (χ0) is 27.7. The van der Waals surface area contributed by atoms with E-state index in [9.17, 15) is 9.59 Å². The number of methoxy groups -OCH3 is 1. The first-order valence-corrected chi connectivity index (χ1v) is 13.4. The lowest BCUT2D eigenvalue weighted by Gasteiger charge is -2.24. The summed E-state index contributed by atoms with van der Waals surface area (Å²) >= 11 is 13.7. The van der Waals surface area contributed by atoms with Gasteiger partial charge >= 0.3 is 5.97 Å². The summed E-state index contributed by atoms with van der Waals surface area (Å²) in [5.41, 5.74) is 1.77. The molecule has 1 aliphatic rings. The van der Waals surface area contributed by atoms with E-state index in [0.29, 0.717) is 53.5 Å². The number of esters is 1. The maximum Gasteiger partial charge on any atom is 0.338 e. The van der Waals surface area contributed by atoms with Crippen LogP contribution < -0.4 is 19.6 Å². The van der Waals surface area contributed by atoms with Gasteiger partial charge in [0.25, 0.3) is 5.56 Å². The van der Waals surface area contributed by atoms with Crippen molar-refractivity contribution in [2.45, 2.75) is 13.0 Å². The number of benzene rings is 2. The van der Waals surface area contributed by atoms with E-state index in [-0.39, 0.29) is 17.7 Å². The smallest absolute Gasteiger partial charge is 0.338 e. The van der Waals surface area contributed by atoms with E-state index in [1.807, 2.05) is 12.1 Å². The summed E-state index contributed by atoms with van der Waals surface area (Å²) in [7, 11) is 1.57. The van der Waals surface area contributed by atoms with Crippen molar-refractivity contribution in [1.82, 2.24) is 4.57 Å². The number of rotatable bonds is 7. The quantitative estimate of drug-likeness (QED) is 0.212. The Kier molecular flexibility index (Phi) is 7.61. The topological polar surface area (TPSA) is 83.0 Å². The molecule has 198 valence electrons. The van der Waals surface area contributed by atoms with Crippen LogP contribution in [0.3, 0.4) is 0 Å². The number of aromatic nitrogens is 1. The number of thiazole rings is 1. The van der Waals surface area contributed by atoms with E-state index in [0.717, 1.165) is 0 Å². The monoisotopic (exact) mass is 580 g/mol. The number of nitrogens with zero attached hydrogens (tertiary/aromatic N) is 2. The molecule has 1 atom stereocenters. The molecule has 5 rings (SSSR count). The van der Waals surface area contributed by atoms with Gasteiger partial charge in [0.15, 0.2) is 4.80 Å². The number of hydrogen-bond acceptors (Lipinski definition) is 7. The number of fused-ring (bicyclic) bond motifs is 1. The Morgan fingerprint density at radius 3 is 2.67 bits per heavy atom. The third kappa shape index (κ3) is 5.23. The molecule has 7 nitrogen and oxygen atoms in total. The zero-order valence-corrected chi connectivity index (χ0v) is 23.3. The van der Waals surface area contributed by atoms with Crippen molar-refractivity contribution in [3.63, 3.8) is 0 Å². The van der Waals surface area contributed by atoms with Gasteiger partial charge in [0, 0.05) is 16.7 Å². The van der Waals surface area contributed by atoms with Crippen LogP contribution in [0.25, 0.3) is 17.4 Å². The van der Waals surface area contributed by atoms with E-state index >= 15 is 0 Å². The van der Waals surface area contributed by atoms with Crippen molar-refractivity contribution in [3.8, 4) is 17.1 Å². The number of carbonyl (C=O) groups excluding carboxylic acids is 1. The van der Waals surface area contributed by atoms with Crippen molar-refractivity contribution in [2.24, 2.45) is 4.99 Å². The Balaban J connectivity index is 1.63. The molecule has 0 aliphatic carbocycles. The predicted molar refractivity (Wildman–Crippen MR) is 152 cm³/mol. The summed E-state index contributed by atoms with van der Waals surface area (Å²) in [6.45, 7) is 5.37. The maximum absolute atomic E-state index is 13.8. The molecule has 2 aromatic carbocycles. The van der Waals surface area contributed by atoms with Gasteiger partial charge in [0.05, 0.1) is 34.0 Å². The molecule has 0 radical (unpaired) electrons. The van der Waals surface area contributed by atoms with E-state index in [2.05, 4.69) is 11.6 Å². The Morgan fingerprint density at radius 1 is 1.18 bits per heavy atom. The van der Waals surface area contributed by atoms with Gasteiger partial charge in [-0.15, -0.1) is 0 Å². The molecule has 0 N–H and O–H groups in total. The number of halogens is 2. The Morgan fingerprint density at radius 2 is 1.95 bits per heavy atom. The van der Waals surface area contributed by atoms with Crippen molar-refractivity contribution in [2.75, 3.05) is 13.7 Å². The van der Waals surface area contributed by atoms with Gasteiger partial charge in [-0.05, 0) is 55.0 Å². The minimum atomic E-state index is -0.746. The summed E-state index contributed by atoms with van der Waals surface area (Å²) in [4.78, 5) is 31.9. The highest BCUT2D eigenvalue weighted by Crippen LogP contribution is 2.33. The van der Waals surface area contributed by atoms with Crippen LogP contribution >= 0.6 is 34.5 Å². The lowest BCUT2D eigenvalue weighted by molar-refractivity contribution is -0.138. The number of ether oxygens (including phenoxy) is 2. The number of carbonyl (C=O) groups is 1. The highest BCUT2D eigenvalue weighted by Gasteiger charge is 2.33. The summed E-state index contributed by atoms with van der Waals surface area (Å²) in [6, 6.07) is 15.0. The van der Waals surface area contributed by atoms with E-state index in [1.54, 1.807) is 62.6 Å². The SMILES string of the molecule is C=CCOC(=O)C1=C(C)N=c2s/c(=C\c3ccc(-c4cc(Cl)ccc4Cl)o3)c(=O)n2[C@@H]1c1ccc(OC)cc1. The first-order valence-electron chi connectivity index (χ1n) is 11.8. The molecule has 0 amide bonds. The highest BCUT2D eigenvalue weighted by molar-refractivity contribution is 7.07. The van der Waals surface area contributed by atoms with E-state index in [1.165, 1.54) is 22.0 Å². The minimum absolute atomic E-state index is 0.0346. The summed E-state index contributed by atoms with van der Waals surface area (Å²) < 4.78 is 18.5. The lowest BCUT2D eigenvalue weighted by atomic mass is 9.96. The summed E-state index contributed by atoms with van der Waals surface area (Å²) in [6.07, 6.45) is 3.13.